The number of allylic oxidation sites excluding steroid dienone is 2. The fourth-order valence-electron chi connectivity index (χ4n) is 3.85. The quantitative estimate of drug-likeness (QED) is 0.126. The number of aliphatic imine (C=N–C) groups is 1. The van der Waals surface area contributed by atoms with E-state index in [9.17, 15) is 14.7 Å². The number of esters is 1. The van der Waals surface area contributed by atoms with Crippen LogP contribution in [0.15, 0.2) is 78.1 Å². The van der Waals surface area contributed by atoms with Crippen LogP contribution in [0.25, 0.3) is 11.1 Å². The number of hydrogen-bond donors (Lipinski definition) is 5. The summed E-state index contributed by atoms with van der Waals surface area (Å²) in [5, 5.41) is 27.5. The number of ether oxygens (including phenoxy) is 1. The molecule has 1 fully saturated rings. The molecule has 224 valence electrons. The summed E-state index contributed by atoms with van der Waals surface area (Å²) in [4.78, 5) is 26.1. The van der Waals surface area contributed by atoms with Crippen LogP contribution in [0.3, 0.4) is 0 Å². The molecule has 1 aliphatic rings. The van der Waals surface area contributed by atoms with Gasteiger partial charge in [0, 0.05) is 82.6 Å². The largest absolute Gasteiger partial charge is 0.478 e. The molecule has 0 amide bonds. The van der Waals surface area contributed by atoms with Crippen LogP contribution in [-0.4, -0.2) is 41.6 Å². The fourth-order valence-corrected chi connectivity index (χ4v) is 4.20. The number of nitrogens with one attached hydrogen (secondary N) is 1. The summed E-state index contributed by atoms with van der Waals surface area (Å²) in [6.07, 6.45) is 4.26. The van der Waals surface area contributed by atoms with Crippen LogP contribution < -0.4 is 11.5 Å². The minimum Gasteiger partial charge on any atom is -0.478 e. The molecule has 2 aromatic rings. The number of halogens is 2. The maximum Gasteiger partial charge on any atom is 0.334 e. The average molecular weight is 616 g/mol. The van der Waals surface area contributed by atoms with Crippen LogP contribution in [0, 0.1) is 5.41 Å². The van der Waals surface area contributed by atoms with Gasteiger partial charge in [-0.25, -0.2) is 9.59 Å². The molecule has 2 unspecified atom stereocenters. The van der Waals surface area contributed by atoms with E-state index in [1.54, 1.807) is 43.4 Å². The zero-order valence-corrected chi connectivity index (χ0v) is 25.2. The van der Waals surface area contributed by atoms with Crippen molar-refractivity contribution in [1.29, 1.82) is 5.41 Å². The Morgan fingerprint density at radius 3 is 2.19 bits per heavy atom. The van der Waals surface area contributed by atoms with E-state index < -0.39 is 18.2 Å². The Kier molecular flexibility index (Phi) is 15.0. The number of carboxylic acid groups (broad SMARTS) is 1. The Labute approximate surface area is 256 Å². The molecule has 0 spiro atoms. The number of aliphatic hydroxyl groups excluding tert-OH is 1. The molecule has 9 nitrogen and oxygen atoms in total. The Bertz CT molecular complexity index is 1400. The van der Waals surface area contributed by atoms with E-state index >= 15 is 0 Å². The highest BCUT2D eigenvalue weighted by Crippen LogP contribution is 2.37. The first-order valence-electron chi connectivity index (χ1n) is 12.8. The molecule has 0 radical (unpaired) electrons. The van der Waals surface area contributed by atoms with E-state index in [1.807, 2.05) is 13.8 Å². The maximum atomic E-state index is 11.4. The Balaban J connectivity index is 0.000000398. The van der Waals surface area contributed by atoms with Gasteiger partial charge < -0.3 is 31.8 Å². The second-order valence-corrected chi connectivity index (χ2v) is 9.44. The number of hydrogen-bond acceptors (Lipinski definition) is 8. The predicted octanol–water partition coefficient (Wildman–Crippen LogP) is 6.26. The molecule has 1 heterocycles. The summed E-state index contributed by atoms with van der Waals surface area (Å²) >= 11 is 11.9. The zero-order valence-electron chi connectivity index (χ0n) is 23.7. The lowest BCUT2D eigenvalue weighted by atomic mass is 9.94. The van der Waals surface area contributed by atoms with Crippen molar-refractivity contribution in [2.45, 2.75) is 38.9 Å². The molecule has 0 aromatic heterocycles. The molecule has 0 aliphatic carbocycles. The first kappa shape index (κ1) is 35.8. The zero-order chi connectivity index (χ0) is 32.0. The molecule has 1 saturated heterocycles. The normalized spacial score (nSPS) is 15.6. The van der Waals surface area contributed by atoms with Crippen molar-refractivity contribution in [2.24, 2.45) is 16.5 Å². The highest BCUT2D eigenvalue weighted by Gasteiger charge is 2.30. The van der Waals surface area contributed by atoms with E-state index in [0.29, 0.717) is 49.9 Å². The van der Waals surface area contributed by atoms with Gasteiger partial charge in [0.15, 0.2) is 0 Å². The molecule has 42 heavy (non-hydrogen) atoms. The fraction of sp³-hybridized carbons (Fsp3) is 0.226. The maximum absolute atomic E-state index is 11.4. The topological polar surface area (TPSA) is 172 Å². The molecule has 3 rings (SSSR count). The van der Waals surface area contributed by atoms with Crippen molar-refractivity contribution in [2.75, 3.05) is 7.05 Å². The highest BCUT2D eigenvalue weighted by atomic mass is 35.5. The van der Waals surface area contributed by atoms with Gasteiger partial charge in [0.05, 0.1) is 6.10 Å². The van der Waals surface area contributed by atoms with Crippen LogP contribution >= 0.6 is 23.2 Å². The number of nitrogens with two attached hydrogens (primary N) is 2. The van der Waals surface area contributed by atoms with Gasteiger partial charge in [-0.3, -0.25) is 4.99 Å². The molecular weight excluding hydrogens is 579 g/mol. The number of carboxylic acids is 1. The van der Waals surface area contributed by atoms with Crippen molar-refractivity contribution in [3.8, 4) is 0 Å². The molecule has 7 N–H and O–H groups in total. The first-order chi connectivity index (χ1) is 20.0. The third-order valence-electron chi connectivity index (χ3n) is 5.85. The number of nitrogens with zero attached hydrogens (tertiary/aromatic N) is 1. The summed E-state index contributed by atoms with van der Waals surface area (Å²) < 4.78 is 5.25. The minimum atomic E-state index is -1.14. The van der Waals surface area contributed by atoms with Gasteiger partial charge in [-0.15, -0.1) is 0 Å². The van der Waals surface area contributed by atoms with Gasteiger partial charge in [-0.1, -0.05) is 62.3 Å². The molecule has 2 atom stereocenters. The smallest absolute Gasteiger partial charge is 0.334 e. The molecule has 2 aromatic carbocycles. The van der Waals surface area contributed by atoms with Crippen molar-refractivity contribution >= 4 is 58.7 Å². The molecule has 1 aliphatic heterocycles. The van der Waals surface area contributed by atoms with Crippen molar-refractivity contribution in [1.82, 2.24) is 0 Å². The van der Waals surface area contributed by atoms with Crippen molar-refractivity contribution in [3.05, 3.63) is 105 Å². The summed E-state index contributed by atoms with van der Waals surface area (Å²) in [5.41, 5.74) is 15.1. The van der Waals surface area contributed by atoms with Gasteiger partial charge in [0.2, 0.25) is 0 Å². The van der Waals surface area contributed by atoms with E-state index in [-0.39, 0.29) is 18.0 Å². The first-order valence-corrected chi connectivity index (χ1v) is 13.6. The summed E-state index contributed by atoms with van der Waals surface area (Å²) in [6, 6.07) is 10.1. The highest BCUT2D eigenvalue weighted by molar-refractivity contribution is 6.31. The molecular formula is C31H36Cl2N4O5. The SMILES string of the molecule is C=C(CC(O)c1ccc(Cl)cc1/C(C=NC)=C/N)C(=O)O.C=C1CC(c2ccc(Cl)cc2/C(C=N)=C/N)OC1=O.CC. The molecule has 0 bridgehead atoms. The van der Waals surface area contributed by atoms with Crippen molar-refractivity contribution in [3.63, 3.8) is 0 Å². The Morgan fingerprint density at radius 1 is 1.14 bits per heavy atom. The average Bonchev–Trinajstić information content (AvgIpc) is 3.31. The summed E-state index contributed by atoms with van der Waals surface area (Å²) in [6.45, 7) is 11.1. The minimum absolute atomic E-state index is 0.0779. The summed E-state index contributed by atoms with van der Waals surface area (Å²) in [7, 11) is 1.59. The number of carbonyl (C=O) groups excluding carboxylic acids is 1. The number of rotatable bonds is 9. The molecule has 0 saturated carbocycles. The molecule has 11 heteroatoms. The van der Waals surface area contributed by atoms with E-state index in [4.69, 9.17) is 49.9 Å². The lowest BCUT2D eigenvalue weighted by Gasteiger charge is -2.16. The number of aliphatic carboxylic acids is 1. The number of aliphatic hydroxyl groups is 1. The Hall–Kier alpha value is -4.18. The third kappa shape index (κ3) is 9.73. The monoisotopic (exact) mass is 614 g/mol. The van der Waals surface area contributed by atoms with Crippen LogP contribution in [0.5, 0.6) is 0 Å². The third-order valence-corrected chi connectivity index (χ3v) is 6.32. The van der Waals surface area contributed by atoms with Crippen LogP contribution in [0.1, 0.15) is 61.2 Å². The van der Waals surface area contributed by atoms with Crippen LogP contribution in [0.2, 0.25) is 10.0 Å². The van der Waals surface area contributed by atoms with Gasteiger partial charge in [-0.2, -0.15) is 0 Å². The standard InChI is InChI=1S/C15H17ClN2O3.C14H13ClN2O2.C2H6/c1-9(15(20)21)5-14(19)12-4-3-11(16)6-13(12)10(7-17)8-18-2;1-8-4-13(19-14(8)18)11-3-2-10(15)5-12(11)9(6-16)7-17;1-2/h3-4,6-8,14,19H,1,5,17H2,2H3,(H,20,21);2-3,5-7,13,16H,1,4,17H2;1-2H3/b10-7+,18-8?;9-7+,16-6?;. The van der Waals surface area contributed by atoms with Gasteiger partial charge >= 0.3 is 11.9 Å². The van der Waals surface area contributed by atoms with Crippen LogP contribution in [0.4, 0.5) is 0 Å². The van der Waals surface area contributed by atoms with Gasteiger partial charge in [0.25, 0.3) is 0 Å². The van der Waals surface area contributed by atoms with Crippen LogP contribution in [-0.2, 0) is 14.3 Å². The van der Waals surface area contributed by atoms with Crippen molar-refractivity contribution < 1.29 is 24.5 Å². The number of carbonyl (C=O) groups is 2. The van der Waals surface area contributed by atoms with Gasteiger partial charge in [0.1, 0.15) is 6.10 Å². The second kappa shape index (κ2) is 17.6. The van der Waals surface area contributed by atoms with E-state index in [1.165, 1.54) is 18.6 Å². The Morgan fingerprint density at radius 2 is 1.71 bits per heavy atom. The number of cyclic esters (lactones) is 1. The lowest BCUT2D eigenvalue weighted by Crippen LogP contribution is -2.08. The predicted molar refractivity (Wildman–Crippen MR) is 171 cm³/mol. The van der Waals surface area contributed by atoms with E-state index in [2.05, 4.69) is 18.2 Å². The lowest BCUT2D eigenvalue weighted by molar-refractivity contribution is -0.139. The van der Waals surface area contributed by atoms with E-state index in [0.717, 1.165) is 11.8 Å². The van der Waals surface area contributed by atoms with Gasteiger partial charge in [-0.05, 0) is 41.0 Å². The number of benzene rings is 2. The second-order valence-electron chi connectivity index (χ2n) is 8.57. The summed E-state index contributed by atoms with van der Waals surface area (Å²) in [5.74, 6) is -1.53.